The van der Waals surface area contributed by atoms with Gasteiger partial charge in [0.25, 0.3) is 0 Å². The molecule has 6 N–H and O–H groups in total. The number of nitrogens with two attached hydrogens (primary N) is 2. The summed E-state index contributed by atoms with van der Waals surface area (Å²) >= 11 is 18.5. The average Bonchev–Trinajstić information content (AvgIpc) is 3.88. The van der Waals surface area contributed by atoms with Gasteiger partial charge in [0.15, 0.2) is 0 Å². The van der Waals surface area contributed by atoms with Gasteiger partial charge in [0.2, 0.25) is 11.8 Å². The van der Waals surface area contributed by atoms with Crippen molar-refractivity contribution < 1.29 is 18.9 Å². The molecule has 4 aromatic rings. The van der Waals surface area contributed by atoms with Crippen molar-refractivity contribution in [3.8, 4) is 11.1 Å². The Morgan fingerprint density at radius 3 is 1.60 bits per heavy atom. The molecule has 0 atom stereocenters. The lowest BCUT2D eigenvalue weighted by Crippen LogP contribution is -2.41. The SMILES string of the molecule is CC1(C)OB(c2cn[nH]c2)OC1(C)C.NC(=O)C1CCN(c2c(Cl)cncc2-c2cn[nH]c2)CC1.NC(=O)C1CCN(c2c(Cl)cncc2Cl)CC1. The number of piperidine rings is 2. The van der Waals surface area contributed by atoms with Crippen LogP contribution in [0.3, 0.4) is 0 Å². The summed E-state index contributed by atoms with van der Waals surface area (Å²) in [7, 11) is -0.307. The van der Waals surface area contributed by atoms with Crippen molar-refractivity contribution >= 4 is 70.6 Å². The van der Waals surface area contributed by atoms with Gasteiger partial charge < -0.3 is 30.6 Å². The minimum atomic E-state index is -0.307. The fourth-order valence-electron chi connectivity index (χ4n) is 6.21. The Bertz CT molecular complexity index is 1760. The zero-order valence-electron chi connectivity index (χ0n) is 29.6. The number of carbonyl (C=O) groups excluding carboxylic acids is 2. The number of hydrogen-bond donors (Lipinski definition) is 4. The molecule has 3 aliphatic rings. The third-order valence-electron chi connectivity index (χ3n) is 9.98. The van der Waals surface area contributed by atoms with Crippen LogP contribution in [0.5, 0.6) is 0 Å². The van der Waals surface area contributed by atoms with Crippen LogP contribution in [-0.4, -0.2) is 86.7 Å². The predicted molar refractivity (Wildman–Crippen MR) is 204 cm³/mol. The van der Waals surface area contributed by atoms with Crippen LogP contribution in [0.15, 0.2) is 49.6 Å². The lowest BCUT2D eigenvalue weighted by atomic mass is 9.82. The predicted octanol–water partition coefficient (Wildman–Crippen LogP) is 4.63. The number of H-pyrrole nitrogens is 2. The van der Waals surface area contributed by atoms with E-state index in [0.717, 1.165) is 79.8 Å². The molecule has 0 saturated carbocycles. The second kappa shape index (κ2) is 16.8. The van der Waals surface area contributed by atoms with Crippen molar-refractivity contribution in [2.45, 2.75) is 64.6 Å². The summed E-state index contributed by atoms with van der Waals surface area (Å²) in [5.74, 6) is -0.521. The smallest absolute Gasteiger partial charge is 0.399 e. The molecule has 52 heavy (non-hydrogen) atoms. The number of amides is 2. The summed E-state index contributed by atoms with van der Waals surface area (Å²) in [4.78, 5) is 34.7. The molecule has 0 unspecified atom stereocenters. The Balaban J connectivity index is 0.000000154. The lowest BCUT2D eigenvalue weighted by Gasteiger charge is -2.34. The number of aromatic nitrogens is 6. The van der Waals surface area contributed by atoms with E-state index in [1.54, 1.807) is 43.4 Å². The topological polar surface area (TPSA) is 194 Å². The third-order valence-corrected chi connectivity index (χ3v) is 10.8. The van der Waals surface area contributed by atoms with Crippen molar-refractivity contribution in [3.63, 3.8) is 0 Å². The third kappa shape index (κ3) is 9.18. The number of nitrogens with one attached hydrogen (secondary N) is 2. The first-order valence-electron chi connectivity index (χ1n) is 17.0. The van der Waals surface area contributed by atoms with Gasteiger partial charge in [-0.3, -0.25) is 29.8 Å². The molecule has 4 aromatic heterocycles. The average molecular weight is 774 g/mol. The largest absolute Gasteiger partial charge is 0.498 e. The zero-order chi connectivity index (χ0) is 37.6. The highest BCUT2D eigenvalue weighted by atomic mass is 35.5. The summed E-state index contributed by atoms with van der Waals surface area (Å²) < 4.78 is 11.7. The van der Waals surface area contributed by atoms with Crippen LogP contribution < -0.4 is 26.7 Å². The van der Waals surface area contributed by atoms with Crippen molar-refractivity contribution in [1.82, 2.24) is 30.4 Å². The molecule has 0 spiro atoms. The van der Waals surface area contributed by atoms with Crippen LogP contribution in [0.4, 0.5) is 11.4 Å². The molecule has 0 radical (unpaired) electrons. The number of rotatable bonds is 6. The van der Waals surface area contributed by atoms with E-state index < -0.39 is 0 Å². The first-order chi connectivity index (χ1) is 24.7. The van der Waals surface area contributed by atoms with Crippen LogP contribution in [0.2, 0.25) is 15.1 Å². The number of halogens is 3. The monoisotopic (exact) mass is 772 g/mol. The van der Waals surface area contributed by atoms with Crippen molar-refractivity contribution in [3.05, 3.63) is 64.6 Å². The quantitative estimate of drug-likeness (QED) is 0.201. The Kier molecular flexibility index (Phi) is 12.7. The zero-order valence-corrected chi connectivity index (χ0v) is 31.9. The van der Waals surface area contributed by atoms with Crippen LogP contribution >= 0.6 is 34.8 Å². The molecule has 7 rings (SSSR count). The molecular weight excluding hydrogens is 730 g/mol. The minimum Gasteiger partial charge on any atom is -0.399 e. The molecule has 14 nitrogen and oxygen atoms in total. The van der Waals surface area contributed by atoms with E-state index in [-0.39, 0.29) is 42.0 Å². The van der Waals surface area contributed by atoms with Crippen molar-refractivity contribution in [2.24, 2.45) is 23.3 Å². The molecule has 3 aliphatic heterocycles. The number of primary amides is 2. The second-order valence-electron chi connectivity index (χ2n) is 13.9. The first kappa shape index (κ1) is 39.3. The van der Waals surface area contributed by atoms with Gasteiger partial charge >= 0.3 is 7.12 Å². The van der Waals surface area contributed by atoms with Gasteiger partial charge in [-0.25, -0.2) is 0 Å². The van der Waals surface area contributed by atoms with E-state index in [9.17, 15) is 9.59 Å². The Morgan fingerprint density at radius 1 is 0.712 bits per heavy atom. The van der Waals surface area contributed by atoms with Crippen LogP contribution in [0, 0.1) is 11.8 Å². The molecule has 0 aromatic carbocycles. The van der Waals surface area contributed by atoms with Gasteiger partial charge in [-0.15, -0.1) is 0 Å². The maximum Gasteiger partial charge on any atom is 0.498 e. The molecule has 3 saturated heterocycles. The van der Waals surface area contributed by atoms with Gasteiger partial charge in [-0.1, -0.05) is 34.8 Å². The summed E-state index contributed by atoms with van der Waals surface area (Å²) in [6.07, 6.45) is 16.6. The normalized spacial score (nSPS) is 18.6. The summed E-state index contributed by atoms with van der Waals surface area (Å²) in [6.45, 7) is 11.1. The maximum absolute atomic E-state index is 11.3. The summed E-state index contributed by atoms with van der Waals surface area (Å²) in [6, 6.07) is 0. The summed E-state index contributed by atoms with van der Waals surface area (Å²) in [5.41, 5.74) is 14.7. The highest BCUT2D eigenvalue weighted by Crippen LogP contribution is 2.39. The van der Waals surface area contributed by atoms with E-state index in [1.165, 1.54) is 0 Å². The van der Waals surface area contributed by atoms with Gasteiger partial charge in [0.05, 0.1) is 43.8 Å². The molecule has 278 valence electrons. The highest BCUT2D eigenvalue weighted by molar-refractivity contribution is 6.62. The Labute approximate surface area is 318 Å². The van der Waals surface area contributed by atoms with Gasteiger partial charge in [0.1, 0.15) is 0 Å². The van der Waals surface area contributed by atoms with E-state index in [1.807, 2.05) is 33.9 Å². The molecule has 0 aliphatic carbocycles. The highest BCUT2D eigenvalue weighted by Gasteiger charge is 2.52. The molecule has 18 heteroatoms. The number of pyridine rings is 2. The van der Waals surface area contributed by atoms with Crippen LogP contribution in [0.25, 0.3) is 11.1 Å². The van der Waals surface area contributed by atoms with Crippen molar-refractivity contribution in [2.75, 3.05) is 36.0 Å². The molecular formula is C34H44BCl3N10O4. The van der Waals surface area contributed by atoms with E-state index in [4.69, 9.17) is 55.6 Å². The fourth-order valence-corrected chi connectivity index (χ4v) is 7.09. The maximum atomic E-state index is 11.3. The van der Waals surface area contributed by atoms with Crippen molar-refractivity contribution in [1.29, 1.82) is 0 Å². The van der Waals surface area contributed by atoms with Gasteiger partial charge in [0, 0.05) is 98.0 Å². The number of aromatic amines is 2. The lowest BCUT2D eigenvalue weighted by molar-refractivity contribution is -0.123. The van der Waals surface area contributed by atoms with Crippen LogP contribution in [-0.2, 0) is 18.9 Å². The standard InChI is InChI=1S/C14H16ClN5O.C11H13Cl2N3O.C9H15BN2O2/c15-12-8-17-7-11(10-5-18-19-6-10)13(12)20-3-1-9(2-4-20)14(16)21;12-8-5-15-6-9(13)10(8)16-3-1-7(2-4-16)11(14)17;1-8(2)9(3,4)14-10(13-8)7-5-11-12-6-7/h5-9H,1-4H2,(H2,16,21)(H,18,19);5-7H,1-4H2,(H2,14,17);5-6H,1-4H3,(H,11,12). The van der Waals surface area contributed by atoms with E-state index in [2.05, 4.69) is 40.2 Å². The second-order valence-corrected chi connectivity index (χ2v) is 15.1. The number of nitrogens with zero attached hydrogens (tertiary/aromatic N) is 6. The van der Waals surface area contributed by atoms with E-state index >= 15 is 0 Å². The van der Waals surface area contributed by atoms with Crippen LogP contribution in [0.1, 0.15) is 53.4 Å². The van der Waals surface area contributed by atoms with Gasteiger partial charge in [-0.05, 0) is 53.4 Å². The number of hydrogen-bond acceptors (Lipinski definition) is 10. The first-order valence-corrected chi connectivity index (χ1v) is 18.2. The molecule has 0 bridgehead atoms. The molecule has 2 amide bonds. The number of anilines is 2. The molecule has 3 fully saturated rings. The Hall–Kier alpha value is -3.89. The fraction of sp³-hybridized carbons (Fsp3) is 0.471. The molecule has 7 heterocycles. The summed E-state index contributed by atoms with van der Waals surface area (Å²) in [5, 5.41) is 15.1. The minimum absolute atomic E-state index is 0.0364. The number of carbonyl (C=O) groups is 2. The van der Waals surface area contributed by atoms with Gasteiger partial charge in [-0.2, -0.15) is 10.2 Å². The Morgan fingerprint density at radius 2 is 1.15 bits per heavy atom. The van der Waals surface area contributed by atoms with E-state index in [0.29, 0.717) is 15.1 Å².